The summed E-state index contributed by atoms with van der Waals surface area (Å²) < 4.78 is 16.7. The summed E-state index contributed by atoms with van der Waals surface area (Å²) in [4.78, 5) is 17.8. The van der Waals surface area contributed by atoms with Crippen LogP contribution in [0.5, 0.6) is 0 Å². The van der Waals surface area contributed by atoms with E-state index >= 15 is 0 Å². The van der Waals surface area contributed by atoms with Crippen molar-refractivity contribution in [2.24, 2.45) is 0 Å². The highest BCUT2D eigenvalue weighted by atomic mass is 35.5. The Morgan fingerprint density at radius 1 is 1.06 bits per heavy atom. The average molecular weight is 462 g/mol. The van der Waals surface area contributed by atoms with Gasteiger partial charge in [-0.1, -0.05) is 84.5 Å². The molecule has 2 heterocycles. The lowest BCUT2D eigenvalue weighted by Gasteiger charge is -2.10. The van der Waals surface area contributed by atoms with Crippen molar-refractivity contribution in [3.63, 3.8) is 0 Å². The van der Waals surface area contributed by atoms with Gasteiger partial charge in [0.05, 0.1) is 4.53 Å². The van der Waals surface area contributed by atoms with Crippen LogP contribution in [0, 0.1) is 5.82 Å². The van der Waals surface area contributed by atoms with E-state index < -0.39 is 0 Å². The van der Waals surface area contributed by atoms with Crippen molar-refractivity contribution in [3.8, 4) is 11.1 Å². The Morgan fingerprint density at radius 3 is 2.50 bits per heavy atom. The van der Waals surface area contributed by atoms with Crippen molar-refractivity contribution in [2.45, 2.75) is 12.8 Å². The molecule has 2 aromatic heterocycles. The highest BCUT2D eigenvalue weighted by Gasteiger charge is 2.19. The summed E-state index contributed by atoms with van der Waals surface area (Å²) >= 11 is 7.19. The molecule has 32 heavy (non-hydrogen) atoms. The molecule has 0 saturated carbocycles. The van der Waals surface area contributed by atoms with Gasteiger partial charge in [-0.15, -0.1) is 5.10 Å². The van der Waals surface area contributed by atoms with Gasteiger partial charge in [0.15, 0.2) is 5.82 Å². The van der Waals surface area contributed by atoms with Crippen molar-refractivity contribution < 1.29 is 4.39 Å². The summed E-state index contributed by atoms with van der Waals surface area (Å²) in [5.41, 5.74) is 2.77. The van der Waals surface area contributed by atoms with Gasteiger partial charge in [0, 0.05) is 16.5 Å². The van der Waals surface area contributed by atoms with Gasteiger partial charge in [-0.05, 0) is 41.0 Å². The zero-order chi connectivity index (χ0) is 22.2. The molecule has 0 aliphatic heterocycles. The highest BCUT2D eigenvalue weighted by molar-refractivity contribution is 7.15. The number of benzene rings is 3. The summed E-state index contributed by atoms with van der Waals surface area (Å²) in [5.74, 6) is -0.0753. The van der Waals surface area contributed by atoms with E-state index in [-0.39, 0.29) is 17.3 Å². The van der Waals surface area contributed by atoms with Crippen LogP contribution in [0.2, 0.25) is 5.02 Å². The molecule has 1 unspecified atom stereocenters. The van der Waals surface area contributed by atoms with E-state index in [1.807, 2.05) is 55.5 Å². The molecule has 0 bridgehead atoms. The smallest absolute Gasteiger partial charge is 0.266 e. The Morgan fingerprint density at radius 2 is 1.81 bits per heavy atom. The summed E-state index contributed by atoms with van der Waals surface area (Å²) in [5, 5.41) is 5.05. The molecule has 0 spiro atoms. The lowest BCUT2D eigenvalue weighted by Crippen LogP contribution is -2.24. The zero-order valence-electron chi connectivity index (χ0n) is 17.0. The molecule has 5 aromatic rings. The van der Waals surface area contributed by atoms with Crippen molar-refractivity contribution >= 4 is 34.0 Å². The van der Waals surface area contributed by atoms with Crippen molar-refractivity contribution in [1.82, 2.24) is 14.6 Å². The summed E-state index contributed by atoms with van der Waals surface area (Å²) in [6.07, 6.45) is 1.79. The number of fused-ring (bicyclic) bond motifs is 1. The number of halogens is 2. The van der Waals surface area contributed by atoms with Gasteiger partial charge >= 0.3 is 0 Å². The molecule has 3 aromatic carbocycles. The number of hydrogen-bond acceptors (Lipinski definition) is 4. The molecule has 0 fully saturated rings. The van der Waals surface area contributed by atoms with E-state index in [1.165, 1.54) is 21.9 Å². The fraction of sp³-hybridized carbons (Fsp3) is 0.0800. The molecule has 0 aliphatic carbocycles. The number of aromatic nitrogens is 3. The van der Waals surface area contributed by atoms with Crippen LogP contribution >= 0.6 is 22.9 Å². The quantitative estimate of drug-likeness (QED) is 0.364. The monoisotopic (exact) mass is 461 g/mol. The molecule has 0 saturated heterocycles. The number of nitrogens with zero attached hydrogens (tertiary/aromatic N) is 3. The van der Waals surface area contributed by atoms with E-state index in [4.69, 9.17) is 11.6 Å². The predicted molar refractivity (Wildman–Crippen MR) is 127 cm³/mol. The lowest BCUT2D eigenvalue weighted by atomic mass is 9.96. The number of hydrogen-bond donors (Lipinski definition) is 0. The molecule has 158 valence electrons. The maximum Gasteiger partial charge on any atom is 0.291 e. The third-order valence-electron chi connectivity index (χ3n) is 5.33. The molecule has 4 nitrogen and oxygen atoms in total. The van der Waals surface area contributed by atoms with Gasteiger partial charge < -0.3 is 0 Å². The van der Waals surface area contributed by atoms with Gasteiger partial charge in [-0.3, -0.25) is 4.79 Å². The lowest BCUT2D eigenvalue weighted by molar-refractivity contribution is 0.626. The van der Waals surface area contributed by atoms with Crippen molar-refractivity contribution in [1.29, 1.82) is 0 Å². The second kappa shape index (κ2) is 8.30. The Kier molecular flexibility index (Phi) is 5.33. The Labute approximate surface area is 192 Å². The standard InChI is InChI=1S/C25H17ClFN3OS/c1-15(18-9-12-20(21(27)14-18)17-5-3-2-4-6-17)23-28-25-30(29-23)24(31)22(32-25)13-16-7-10-19(26)11-8-16/h2-15H,1H3/b22-13-. The first-order valence-corrected chi connectivity index (χ1v) is 11.2. The number of thiazole rings is 1. The number of rotatable bonds is 4. The molecule has 1 atom stereocenters. The van der Waals surface area contributed by atoms with Crippen LogP contribution < -0.4 is 10.1 Å². The van der Waals surface area contributed by atoms with E-state index in [0.29, 0.717) is 25.9 Å². The van der Waals surface area contributed by atoms with E-state index in [2.05, 4.69) is 10.1 Å². The van der Waals surface area contributed by atoms with Gasteiger partial charge in [-0.25, -0.2) is 9.37 Å². The Bertz CT molecular complexity index is 1530. The first kappa shape index (κ1) is 20.5. The van der Waals surface area contributed by atoms with Crippen LogP contribution in [0.1, 0.15) is 29.8 Å². The van der Waals surface area contributed by atoms with E-state index in [1.54, 1.807) is 24.3 Å². The second-order valence-corrected chi connectivity index (χ2v) is 8.90. The molecule has 7 heteroatoms. The van der Waals surface area contributed by atoms with E-state index in [9.17, 15) is 9.18 Å². The predicted octanol–water partition coefficient (Wildman–Crippen LogP) is 5.31. The van der Waals surface area contributed by atoms with Crippen LogP contribution in [0.3, 0.4) is 0 Å². The third-order valence-corrected chi connectivity index (χ3v) is 6.54. The van der Waals surface area contributed by atoms with Crippen LogP contribution in [0.15, 0.2) is 77.6 Å². The molecular formula is C25H17ClFN3OS. The summed E-state index contributed by atoms with van der Waals surface area (Å²) in [6, 6.07) is 21.8. The van der Waals surface area contributed by atoms with Crippen molar-refractivity contribution in [3.05, 3.63) is 115 Å². The van der Waals surface area contributed by atoms with Gasteiger partial charge in [0.2, 0.25) is 4.96 Å². The minimum Gasteiger partial charge on any atom is -0.266 e. The van der Waals surface area contributed by atoms with Crippen LogP contribution in [0.4, 0.5) is 4.39 Å². The first-order valence-electron chi connectivity index (χ1n) is 10.0. The Hall–Kier alpha value is -3.35. The van der Waals surface area contributed by atoms with Gasteiger partial charge in [0.25, 0.3) is 5.56 Å². The maximum absolute atomic E-state index is 14.8. The highest BCUT2D eigenvalue weighted by Crippen LogP contribution is 2.28. The fourth-order valence-corrected chi connectivity index (χ4v) is 4.59. The normalized spacial score (nSPS) is 13.0. The SMILES string of the molecule is CC(c1ccc(-c2ccccc2)c(F)c1)c1nc2s/c(=C\c3ccc(Cl)cc3)c(=O)n2n1. The van der Waals surface area contributed by atoms with E-state index in [0.717, 1.165) is 16.7 Å². The second-order valence-electron chi connectivity index (χ2n) is 7.46. The Balaban J connectivity index is 1.47. The minimum absolute atomic E-state index is 0.225. The minimum atomic E-state index is -0.300. The summed E-state index contributed by atoms with van der Waals surface area (Å²) in [7, 11) is 0. The molecule has 0 N–H and O–H groups in total. The fourth-order valence-electron chi connectivity index (χ4n) is 3.54. The first-order chi connectivity index (χ1) is 15.5. The molecule has 0 radical (unpaired) electrons. The van der Waals surface area contributed by atoms with Crippen LogP contribution in [-0.2, 0) is 0 Å². The zero-order valence-corrected chi connectivity index (χ0v) is 18.6. The molecule has 0 amide bonds. The summed E-state index contributed by atoms with van der Waals surface area (Å²) in [6.45, 7) is 1.90. The third kappa shape index (κ3) is 3.83. The molecular weight excluding hydrogens is 445 g/mol. The van der Waals surface area contributed by atoms with Gasteiger partial charge in [-0.2, -0.15) is 4.52 Å². The molecule has 5 rings (SSSR count). The van der Waals surface area contributed by atoms with Crippen LogP contribution in [0.25, 0.3) is 22.2 Å². The van der Waals surface area contributed by atoms with Crippen molar-refractivity contribution in [2.75, 3.05) is 0 Å². The van der Waals surface area contributed by atoms with Gasteiger partial charge in [0.1, 0.15) is 5.82 Å². The molecule has 0 aliphatic rings. The topological polar surface area (TPSA) is 47.3 Å². The maximum atomic E-state index is 14.8. The largest absolute Gasteiger partial charge is 0.291 e. The average Bonchev–Trinajstić information content (AvgIpc) is 3.34. The van der Waals surface area contributed by atoms with Crippen LogP contribution in [-0.4, -0.2) is 14.6 Å².